The van der Waals surface area contributed by atoms with Gasteiger partial charge < -0.3 is 15.4 Å². The number of anilines is 1. The Bertz CT molecular complexity index is 840. The molecule has 0 radical (unpaired) electrons. The molecule has 1 aliphatic heterocycles. The average molecular weight is 338 g/mol. The molecular formula is C13H9Cl2N5O2. The normalized spacial score (nSPS) is 14.1. The molecule has 0 fully saturated rings. The van der Waals surface area contributed by atoms with Gasteiger partial charge in [-0.15, -0.1) is 0 Å². The summed E-state index contributed by atoms with van der Waals surface area (Å²) >= 11 is 12.0. The second kappa shape index (κ2) is 5.70. The minimum absolute atomic E-state index is 0.0643. The van der Waals surface area contributed by atoms with Crippen LogP contribution in [0.15, 0.2) is 42.5 Å². The summed E-state index contributed by atoms with van der Waals surface area (Å²) in [7, 11) is 0. The Balaban J connectivity index is 1.96. The van der Waals surface area contributed by atoms with Crippen molar-refractivity contribution in [3.05, 3.63) is 52.8 Å². The molecule has 22 heavy (non-hydrogen) atoms. The molecule has 1 aliphatic rings. The van der Waals surface area contributed by atoms with E-state index in [9.17, 15) is 4.79 Å². The van der Waals surface area contributed by atoms with Crippen LogP contribution in [-0.4, -0.2) is 31.1 Å². The van der Waals surface area contributed by atoms with Crippen LogP contribution in [0.3, 0.4) is 0 Å². The molecule has 3 N–H and O–H groups in total. The molecule has 0 unspecified atom stereocenters. The second-order valence-electron chi connectivity index (χ2n) is 4.30. The lowest BCUT2D eigenvalue weighted by atomic mass is 10.3. The van der Waals surface area contributed by atoms with Gasteiger partial charge in [-0.25, -0.2) is 4.79 Å². The van der Waals surface area contributed by atoms with Gasteiger partial charge in [0, 0.05) is 24.3 Å². The number of nitrogens with one attached hydrogen (secondary N) is 2. The first-order valence-corrected chi connectivity index (χ1v) is 6.85. The molecule has 0 aliphatic carbocycles. The predicted molar refractivity (Wildman–Crippen MR) is 83.8 cm³/mol. The monoisotopic (exact) mass is 337 g/mol. The van der Waals surface area contributed by atoms with Crippen molar-refractivity contribution in [2.24, 2.45) is 0 Å². The topological polar surface area (TPSA) is 94.1 Å². The summed E-state index contributed by atoms with van der Waals surface area (Å²) < 4.78 is 0. The van der Waals surface area contributed by atoms with E-state index in [2.05, 4.69) is 20.3 Å². The lowest BCUT2D eigenvalue weighted by Gasteiger charge is -2.08. The van der Waals surface area contributed by atoms with Crippen LogP contribution in [0.25, 0.3) is 11.0 Å². The lowest BCUT2D eigenvalue weighted by molar-refractivity contribution is 0.175. The van der Waals surface area contributed by atoms with Crippen LogP contribution in [0.5, 0.6) is 0 Å². The first kappa shape index (κ1) is 14.4. The van der Waals surface area contributed by atoms with Gasteiger partial charge in [0.05, 0.1) is 10.4 Å². The molecular weight excluding hydrogens is 329 g/mol. The standard InChI is InChI=1S/C13H9Cl2N5O2/c14-8-6-16-10-9(8)11(19-12(15)18-10)17-7-2-1-4-20(5-3-7)13(21)22/h1-6H,(H,21,22)(H2,16,17,18,19). The number of rotatable bonds is 2. The number of amides is 1. The summed E-state index contributed by atoms with van der Waals surface area (Å²) in [4.78, 5) is 23.0. The van der Waals surface area contributed by atoms with Crippen LogP contribution in [0.1, 0.15) is 0 Å². The number of halogens is 2. The number of hydrogen-bond acceptors (Lipinski definition) is 4. The van der Waals surface area contributed by atoms with E-state index in [1.54, 1.807) is 24.4 Å². The smallest absolute Gasteiger partial charge is 0.415 e. The van der Waals surface area contributed by atoms with E-state index in [-0.39, 0.29) is 5.28 Å². The predicted octanol–water partition coefficient (Wildman–Crippen LogP) is 3.58. The summed E-state index contributed by atoms with van der Waals surface area (Å²) in [5, 5.41) is 13.1. The van der Waals surface area contributed by atoms with Gasteiger partial charge in [0.25, 0.3) is 0 Å². The minimum atomic E-state index is -1.08. The molecule has 3 heterocycles. The van der Waals surface area contributed by atoms with Gasteiger partial charge in [-0.05, 0) is 29.8 Å². The van der Waals surface area contributed by atoms with Gasteiger partial charge in [0.1, 0.15) is 11.5 Å². The van der Waals surface area contributed by atoms with Gasteiger partial charge in [-0.1, -0.05) is 11.6 Å². The highest BCUT2D eigenvalue weighted by Crippen LogP contribution is 2.29. The zero-order chi connectivity index (χ0) is 15.7. The van der Waals surface area contributed by atoms with Crippen molar-refractivity contribution in [1.29, 1.82) is 0 Å². The van der Waals surface area contributed by atoms with Crippen LogP contribution >= 0.6 is 23.2 Å². The largest absolute Gasteiger partial charge is 0.464 e. The molecule has 0 bridgehead atoms. The summed E-state index contributed by atoms with van der Waals surface area (Å²) in [5.74, 6) is 0.425. The Morgan fingerprint density at radius 2 is 2.14 bits per heavy atom. The fourth-order valence-electron chi connectivity index (χ4n) is 1.91. The molecule has 0 spiro atoms. The SMILES string of the molecule is O=C(O)N1C=CC=C(Nc2nc(Cl)nc3[nH]cc(Cl)c23)C=C1. The number of H-pyrrole nitrogens is 1. The maximum Gasteiger partial charge on any atom is 0.415 e. The number of aromatic nitrogens is 3. The Hall–Kier alpha value is -2.51. The summed E-state index contributed by atoms with van der Waals surface area (Å²) in [5.41, 5.74) is 1.13. The molecule has 112 valence electrons. The molecule has 7 nitrogen and oxygen atoms in total. The number of aromatic amines is 1. The van der Waals surface area contributed by atoms with E-state index < -0.39 is 6.09 Å². The molecule has 0 atom stereocenters. The Labute approximate surface area is 134 Å². The van der Waals surface area contributed by atoms with E-state index >= 15 is 0 Å². The molecule has 2 aromatic heterocycles. The third-order valence-electron chi connectivity index (χ3n) is 2.88. The highest BCUT2D eigenvalue weighted by Gasteiger charge is 2.13. The third-order valence-corrected chi connectivity index (χ3v) is 3.34. The molecule has 0 saturated heterocycles. The Kier molecular flexibility index (Phi) is 3.74. The quantitative estimate of drug-likeness (QED) is 0.728. The number of allylic oxidation sites excluding steroid dienone is 3. The van der Waals surface area contributed by atoms with Crippen LogP contribution in [-0.2, 0) is 0 Å². The maximum absolute atomic E-state index is 10.9. The van der Waals surface area contributed by atoms with E-state index in [4.69, 9.17) is 28.3 Å². The van der Waals surface area contributed by atoms with Crippen molar-refractivity contribution in [3.8, 4) is 0 Å². The summed E-state index contributed by atoms with van der Waals surface area (Å²) in [6.07, 6.45) is 8.21. The summed E-state index contributed by atoms with van der Waals surface area (Å²) in [6.45, 7) is 0. The first-order chi connectivity index (χ1) is 10.5. The molecule has 3 rings (SSSR count). The van der Waals surface area contributed by atoms with Gasteiger partial charge in [-0.3, -0.25) is 4.90 Å². The number of nitrogens with zero attached hydrogens (tertiary/aromatic N) is 3. The third kappa shape index (κ3) is 2.76. The zero-order valence-corrected chi connectivity index (χ0v) is 12.4. The van der Waals surface area contributed by atoms with E-state index in [0.717, 1.165) is 4.90 Å². The molecule has 0 saturated carbocycles. The van der Waals surface area contributed by atoms with Gasteiger partial charge in [-0.2, -0.15) is 9.97 Å². The van der Waals surface area contributed by atoms with Crippen molar-refractivity contribution in [2.75, 3.05) is 5.32 Å². The fraction of sp³-hybridized carbons (Fsp3) is 0. The first-order valence-electron chi connectivity index (χ1n) is 6.09. The molecule has 0 aromatic carbocycles. The van der Waals surface area contributed by atoms with Crippen LogP contribution in [0.2, 0.25) is 10.3 Å². The minimum Gasteiger partial charge on any atom is -0.464 e. The van der Waals surface area contributed by atoms with Crippen molar-refractivity contribution in [2.45, 2.75) is 0 Å². The highest BCUT2D eigenvalue weighted by molar-refractivity contribution is 6.36. The summed E-state index contributed by atoms with van der Waals surface area (Å²) in [6, 6.07) is 0. The van der Waals surface area contributed by atoms with Crippen LogP contribution in [0, 0.1) is 0 Å². The van der Waals surface area contributed by atoms with E-state index in [1.807, 2.05) is 0 Å². The second-order valence-corrected chi connectivity index (χ2v) is 5.04. The van der Waals surface area contributed by atoms with E-state index in [0.29, 0.717) is 27.6 Å². The Morgan fingerprint density at radius 3 is 2.91 bits per heavy atom. The lowest BCUT2D eigenvalue weighted by Crippen LogP contribution is -2.16. The van der Waals surface area contributed by atoms with Crippen molar-refractivity contribution < 1.29 is 9.90 Å². The number of carboxylic acid groups (broad SMARTS) is 1. The highest BCUT2D eigenvalue weighted by atomic mass is 35.5. The zero-order valence-electron chi connectivity index (χ0n) is 10.9. The van der Waals surface area contributed by atoms with Gasteiger partial charge in [0.15, 0.2) is 0 Å². The van der Waals surface area contributed by atoms with Crippen molar-refractivity contribution in [3.63, 3.8) is 0 Å². The molecule has 1 amide bonds. The van der Waals surface area contributed by atoms with Gasteiger partial charge in [0.2, 0.25) is 5.28 Å². The van der Waals surface area contributed by atoms with Crippen LogP contribution in [0.4, 0.5) is 10.6 Å². The van der Waals surface area contributed by atoms with Crippen molar-refractivity contribution in [1.82, 2.24) is 19.9 Å². The molecule has 2 aromatic rings. The van der Waals surface area contributed by atoms with Crippen LogP contribution < -0.4 is 5.32 Å². The van der Waals surface area contributed by atoms with Crippen molar-refractivity contribution >= 4 is 46.1 Å². The number of carbonyl (C=O) groups is 1. The van der Waals surface area contributed by atoms with Gasteiger partial charge >= 0.3 is 6.09 Å². The maximum atomic E-state index is 10.9. The van der Waals surface area contributed by atoms with E-state index in [1.165, 1.54) is 12.4 Å². The number of hydrogen-bond donors (Lipinski definition) is 3. The fourth-order valence-corrected chi connectivity index (χ4v) is 2.31. The molecule has 9 heteroatoms. The number of fused-ring (bicyclic) bond motifs is 1. The Morgan fingerprint density at radius 1 is 1.32 bits per heavy atom. The average Bonchev–Trinajstić information content (AvgIpc) is 2.69.